The van der Waals surface area contributed by atoms with Gasteiger partial charge in [0.15, 0.2) is 0 Å². The van der Waals surface area contributed by atoms with Crippen molar-refractivity contribution in [1.29, 1.82) is 0 Å². The van der Waals surface area contributed by atoms with Crippen molar-refractivity contribution in [2.24, 2.45) is 0 Å². The SMILES string of the molecule is Nc1cc(NC(=O)c2ccc(Cl)nc2)ccc1Cl.O=C(Nc1ccc(Cl)c([N+](=O)[O-])c1)c1ccc(Cl)nc1. The number of hydrogen-bond donors (Lipinski definition) is 3. The molecule has 0 radical (unpaired) electrons. The van der Waals surface area contributed by atoms with Gasteiger partial charge in [-0.15, -0.1) is 0 Å². The van der Waals surface area contributed by atoms with Crippen LogP contribution >= 0.6 is 46.4 Å². The topological polar surface area (TPSA) is 153 Å². The van der Waals surface area contributed by atoms with Crippen molar-refractivity contribution in [3.63, 3.8) is 0 Å². The van der Waals surface area contributed by atoms with Gasteiger partial charge in [-0.25, -0.2) is 9.97 Å². The first kappa shape index (κ1) is 28.6. The number of carbonyl (C=O) groups is 2. The van der Waals surface area contributed by atoms with E-state index in [-0.39, 0.29) is 33.0 Å². The zero-order valence-electron chi connectivity index (χ0n) is 19.0. The van der Waals surface area contributed by atoms with Gasteiger partial charge in [0, 0.05) is 29.8 Å². The minimum absolute atomic E-state index is 0.00107. The number of nitrogens with one attached hydrogen (secondary N) is 2. The number of amides is 2. The second-order valence-electron chi connectivity index (χ2n) is 7.31. The molecule has 2 amide bonds. The lowest BCUT2D eigenvalue weighted by atomic mass is 10.2. The number of nitro groups is 1. The summed E-state index contributed by atoms with van der Waals surface area (Å²) in [4.78, 5) is 41.5. The van der Waals surface area contributed by atoms with Crippen LogP contribution < -0.4 is 16.4 Å². The molecule has 2 heterocycles. The first-order valence-electron chi connectivity index (χ1n) is 10.4. The highest BCUT2D eigenvalue weighted by Crippen LogP contribution is 2.27. The largest absolute Gasteiger partial charge is 0.397 e. The van der Waals surface area contributed by atoms with Crippen molar-refractivity contribution < 1.29 is 14.5 Å². The number of nitrogens with two attached hydrogens (primary N) is 1. The summed E-state index contributed by atoms with van der Waals surface area (Å²) in [5.41, 5.74) is 7.29. The summed E-state index contributed by atoms with van der Waals surface area (Å²) in [5, 5.41) is 17.0. The van der Waals surface area contributed by atoms with Crippen molar-refractivity contribution in [1.82, 2.24) is 9.97 Å². The molecular weight excluding hydrogens is 578 g/mol. The molecule has 0 spiro atoms. The van der Waals surface area contributed by atoms with Crippen LogP contribution in [0.3, 0.4) is 0 Å². The van der Waals surface area contributed by atoms with Gasteiger partial charge in [0.05, 0.1) is 26.8 Å². The Morgan fingerprint density at radius 1 is 0.737 bits per heavy atom. The molecule has 0 saturated carbocycles. The molecule has 38 heavy (non-hydrogen) atoms. The Morgan fingerprint density at radius 3 is 1.63 bits per heavy atom. The highest BCUT2D eigenvalue weighted by Gasteiger charge is 2.14. The summed E-state index contributed by atoms with van der Waals surface area (Å²) in [6.07, 6.45) is 2.71. The molecular formula is C24H16Cl4N6O4. The maximum Gasteiger partial charge on any atom is 0.289 e. The Hall–Kier alpha value is -3.96. The normalized spacial score (nSPS) is 10.1. The predicted octanol–water partition coefficient (Wildman–Crippen LogP) is 6.77. The summed E-state index contributed by atoms with van der Waals surface area (Å²) in [6.45, 7) is 0. The average molecular weight is 594 g/mol. The van der Waals surface area contributed by atoms with Gasteiger partial charge in [0.2, 0.25) is 0 Å². The highest BCUT2D eigenvalue weighted by atomic mass is 35.5. The molecule has 4 rings (SSSR count). The minimum atomic E-state index is -0.623. The number of carbonyl (C=O) groups excluding carboxylic acids is 2. The van der Waals surface area contributed by atoms with Crippen LogP contribution in [0.15, 0.2) is 73.1 Å². The molecule has 0 aliphatic heterocycles. The lowest BCUT2D eigenvalue weighted by Crippen LogP contribution is -2.12. The zero-order valence-corrected chi connectivity index (χ0v) is 22.0. The fraction of sp³-hybridized carbons (Fsp3) is 0. The van der Waals surface area contributed by atoms with Gasteiger partial charge in [0.25, 0.3) is 17.5 Å². The number of benzene rings is 2. The van der Waals surface area contributed by atoms with Crippen LogP contribution in [0, 0.1) is 10.1 Å². The number of aromatic nitrogens is 2. The first-order valence-corrected chi connectivity index (χ1v) is 11.9. The van der Waals surface area contributed by atoms with Crippen molar-refractivity contribution in [3.05, 3.63) is 115 Å². The molecule has 0 saturated heterocycles. The Kier molecular flexibility index (Phi) is 9.80. The van der Waals surface area contributed by atoms with Gasteiger partial charge in [-0.05, 0) is 54.6 Å². The summed E-state index contributed by atoms with van der Waals surface area (Å²) >= 11 is 22.7. The fourth-order valence-electron chi connectivity index (χ4n) is 2.78. The summed E-state index contributed by atoms with van der Waals surface area (Å²) in [5.74, 6) is -0.744. The van der Waals surface area contributed by atoms with E-state index in [2.05, 4.69) is 20.6 Å². The van der Waals surface area contributed by atoms with Crippen LogP contribution in [0.5, 0.6) is 0 Å². The number of anilines is 3. The fourth-order valence-corrected chi connectivity index (χ4v) is 3.31. The Labute approximate surface area is 235 Å². The second-order valence-corrected chi connectivity index (χ2v) is 8.90. The third kappa shape index (κ3) is 8.02. The van der Waals surface area contributed by atoms with Crippen LogP contribution in [-0.2, 0) is 0 Å². The number of nitrogen functional groups attached to an aromatic ring is 1. The number of nitrogens with zero attached hydrogens (tertiary/aromatic N) is 3. The molecule has 0 aliphatic carbocycles. The van der Waals surface area contributed by atoms with E-state index in [1.54, 1.807) is 30.3 Å². The monoisotopic (exact) mass is 592 g/mol. The Morgan fingerprint density at radius 2 is 1.21 bits per heavy atom. The maximum atomic E-state index is 11.9. The molecule has 14 heteroatoms. The van der Waals surface area contributed by atoms with Gasteiger partial charge in [-0.3, -0.25) is 19.7 Å². The molecule has 2 aromatic carbocycles. The van der Waals surface area contributed by atoms with E-state index < -0.39 is 10.8 Å². The van der Waals surface area contributed by atoms with E-state index in [9.17, 15) is 19.7 Å². The van der Waals surface area contributed by atoms with Gasteiger partial charge < -0.3 is 16.4 Å². The second kappa shape index (κ2) is 13.0. The van der Waals surface area contributed by atoms with Crippen molar-refractivity contribution in [3.8, 4) is 0 Å². The molecule has 0 atom stereocenters. The average Bonchev–Trinajstić information content (AvgIpc) is 2.88. The Balaban J connectivity index is 0.000000212. The van der Waals surface area contributed by atoms with E-state index in [1.165, 1.54) is 42.7 Å². The molecule has 4 aromatic rings. The van der Waals surface area contributed by atoms with Crippen LogP contribution in [0.1, 0.15) is 20.7 Å². The number of nitro benzene ring substituents is 1. The standard InChI is InChI=1S/C12H7Cl2N3O3.C12H9Cl2N3O/c13-9-3-2-8(5-10(9)17(19)20)16-12(18)7-1-4-11(14)15-6-7;13-9-3-2-8(5-10(9)15)17-12(18)7-1-4-11(14)16-6-7/h1-6H,(H,16,18);1-6H,15H2,(H,17,18). The Bertz CT molecular complexity index is 1480. The van der Waals surface area contributed by atoms with Crippen LogP contribution in [-0.4, -0.2) is 26.7 Å². The number of pyridine rings is 2. The minimum Gasteiger partial charge on any atom is -0.397 e. The van der Waals surface area contributed by atoms with Crippen LogP contribution in [0.25, 0.3) is 0 Å². The molecule has 4 N–H and O–H groups in total. The maximum absolute atomic E-state index is 11.9. The van der Waals surface area contributed by atoms with E-state index in [1.807, 2.05) is 0 Å². The zero-order chi connectivity index (χ0) is 27.8. The van der Waals surface area contributed by atoms with Gasteiger partial charge in [-0.1, -0.05) is 46.4 Å². The molecule has 2 aromatic heterocycles. The van der Waals surface area contributed by atoms with E-state index in [0.717, 1.165) is 0 Å². The predicted molar refractivity (Wildman–Crippen MR) is 148 cm³/mol. The molecule has 10 nitrogen and oxygen atoms in total. The van der Waals surface area contributed by atoms with E-state index in [0.29, 0.717) is 27.1 Å². The number of rotatable bonds is 5. The summed E-state index contributed by atoms with van der Waals surface area (Å²) < 4.78 is 0. The molecule has 194 valence electrons. The third-order valence-corrected chi connectivity index (χ3v) is 5.74. The van der Waals surface area contributed by atoms with E-state index in [4.69, 9.17) is 52.1 Å². The lowest BCUT2D eigenvalue weighted by molar-refractivity contribution is -0.384. The van der Waals surface area contributed by atoms with Crippen LogP contribution in [0.2, 0.25) is 20.4 Å². The third-order valence-electron chi connectivity index (χ3n) is 4.63. The molecule has 0 aliphatic rings. The molecule has 0 bridgehead atoms. The van der Waals surface area contributed by atoms with Crippen molar-refractivity contribution >= 4 is 81.0 Å². The quantitative estimate of drug-likeness (QED) is 0.0998. The number of hydrogen-bond acceptors (Lipinski definition) is 7. The highest BCUT2D eigenvalue weighted by molar-refractivity contribution is 6.33. The van der Waals surface area contributed by atoms with Crippen LogP contribution in [0.4, 0.5) is 22.7 Å². The molecule has 0 fully saturated rings. The van der Waals surface area contributed by atoms with E-state index >= 15 is 0 Å². The van der Waals surface area contributed by atoms with Crippen molar-refractivity contribution in [2.45, 2.75) is 0 Å². The number of halogens is 4. The van der Waals surface area contributed by atoms with Gasteiger partial charge in [-0.2, -0.15) is 0 Å². The smallest absolute Gasteiger partial charge is 0.289 e. The summed E-state index contributed by atoms with van der Waals surface area (Å²) in [7, 11) is 0. The summed E-state index contributed by atoms with van der Waals surface area (Å²) in [6, 6.07) is 15.0. The van der Waals surface area contributed by atoms with Gasteiger partial charge >= 0.3 is 0 Å². The molecule has 0 unspecified atom stereocenters. The lowest BCUT2D eigenvalue weighted by Gasteiger charge is -2.06. The van der Waals surface area contributed by atoms with Crippen molar-refractivity contribution in [2.75, 3.05) is 16.4 Å². The van der Waals surface area contributed by atoms with Gasteiger partial charge in [0.1, 0.15) is 15.3 Å². The first-order chi connectivity index (χ1) is 18.0.